The van der Waals surface area contributed by atoms with Crippen LogP contribution in [-0.2, 0) is 4.74 Å². The molecule has 0 aromatic heterocycles. The summed E-state index contributed by atoms with van der Waals surface area (Å²) < 4.78 is 4.91. The highest BCUT2D eigenvalue weighted by Crippen LogP contribution is 2.20. The third kappa shape index (κ3) is 16.9. The van der Waals surface area contributed by atoms with Gasteiger partial charge in [0.2, 0.25) is 0 Å². The Balaban J connectivity index is 3.10. The molecular weight excluding hydrogens is 342 g/mol. The Morgan fingerprint density at radius 2 is 1.79 bits per heavy atom. The van der Waals surface area contributed by atoms with Crippen molar-refractivity contribution in [3.05, 3.63) is 0 Å². The zero-order valence-electron chi connectivity index (χ0n) is 11.0. The monoisotopic (exact) mass is 363 g/mol. The molecule has 0 bridgehead atoms. The molecular formula is C10H21NO3S5. The number of thioether (sulfide) groups is 5. The Morgan fingerprint density at radius 1 is 1.11 bits per heavy atom. The van der Waals surface area contributed by atoms with Gasteiger partial charge in [0.05, 0.1) is 11.8 Å². The van der Waals surface area contributed by atoms with Crippen LogP contribution in [0.4, 0.5) is 4.79 Å². The normalized spacial score (nSPS) is 10.4. The lowest BCUT2D eigenvalue weighted by atomic mass is 10.8. The number of alkyl carbamates (subject to hydrolysis) is 1. The fourth-order valence-corrected chi connectivity index (χ4v) is 5.52. The van der Waals surface area contributed by atoms with E-state index in [4.69, 9.17) is 9.84 Å². The first-order chi connectivity index (χ1) is 9.31. The maximum absolute atomic E-state index is 11.2. The van der Waals surface area contributed by atoms with Crippen molar-refractivity contribution in [3.63, 3.8) is 0 Å². The molecule has 0 heterocycles. The number of hydrogen-bond donors (Lipinski definition) is 2. The quantitative estimate of drug-likeness (QED) is 0.382. The smallest absolute Gasteiger partial charge is 0.407 e. The molecule has 0 spiro atoms. The van der Waals surface area contributed by atoms with Gasteiger partial charge in [0.1, 0.15) is 6.61 Å². The number of hydrogen-bond acceptors (Lipinski definition) is 8. The summed E-state index contributed by atoms with van der Waals surface area (Å²) in [5.74, 6) is 2.44. The number of carbonyl (C=O) groups is 1. The predicted molar refractivity (Wildman–Crippen MR) is 94.4 cm³/mol. The number of aliphatic hydroxyl groups excluding tert-OH is 1. The van der Waals surface area contributed by atoms with Crippen molar-refractivity contribution in [1.82, 2.24) is 5.32 Å². The summed E-state index contributed by atoms with van der Waals surface area (Å²) in [5.41, 5.74) is 0. The van der Waals surface area contributed by atoms with Crippen LogP contribution < -0.4 is 5.32 Å². The van der Waals surface area contributed by atoms with E-state index in [-0.39, 0.29) is 12.0 Å². The first-order valence-electron chi connectivity index (χ1n) is 5.71. The van der Waals surface area contributed by atoms with Crippen molar-refractivity contribution in [2.75, 3.05) is 45.2 Å². The second-order valence-corrected chi connectivity index (χ2v) is 9.36. The van der Waals surface area contributed by atoms with Crippen LogP contribution in [0.3, 0.4) is 0 Å². The molecule has 0 aromatic carbocycles. The molecule has 0 saturated carbocycles. The van der Waals surface area contributed by atoms with E-state index in [1.54, 1.807) is 11.8 Å². The molecule has 0 atom stereocenters. The first kappa shape index (κ1) is 20.0. The van der Waals surface area contributed by atoms with Crippen molar-refractivity contribution in [1.29, 1.82) is 0 Å². The predicted octanol–water partition coefficient (Wildman–Crippen LogP) is 3.18. The lowest BCUT2D eigenvalue weighted by molar-refractivity contribution is 0.155. The molecule has 9 heteroatoms. The Kier molecular flexibility index (Phi) is 17.9. The van der Waals surface area contributed by atoms with Crippen LogP contribution in [0, 0.1) is 0 Å². The maximum atomic E-state index is 11.2. The van der Waals surface area contributed by atoms with Gasteiger partial charge in [-0.05, 0) is 5.75 Å². The van der Waals surface area contributed by atoms with Gasteiger partial charge in [-0.1, -0.05) is 6.92 Å². The summed E-state index contributed by atoms with van der Waals surface area (Å²) >= 11 is 8.75. The molecule has 0 unspecified atom stereocenters. The van der Waals surface area contributed by atoms with Gasteiger partial charge in [-0.25, -0.2) is 4.79 Å². The van der Waals surface area contributed by atoms with Crippen molar-refractivity contribution < 1.29 is 14.6 Å². The summed E-state index contributed by atoms with van der Waals surface area (Å²) in [4.78, 5) is 11.2. The van der Waals surface area contributed by atoms with Gasteiger partial charge in [0, 0.05) is 21.0 Å². The molecule has 0 rings (SSSR count). The topological polar surface area (TPSA) is 58.6 Å². The van der Waals surface area contributed by atoms with Crippen molar-refractivity contribution in [2.45, 2.75) is 6.92 Å². The molecule has 0 fully saturated rings. The van der Waals surface area contributed by atoms with Gasteiger partial charge in [0.15, 0.2) is 0 Å². The van der Waals surface area contributed by atoms with E-state index in [1.807, 2.05) is 35.3 Å². The molecule has 19 heavy (non-hydrogen) atoms. The minimum absolute atomic E-state index is 0.0623. The van der Waals surface area contributed by atoms with E-state index in [9.17, 15) is 4.79 Å². The van der Waals surface area contributed by atoms with E-state index in [1.165, 1.54) is 17.5 Å². The van der Waals surface area contributed by atoms with Gasteiger partial charge in [-0.3, -0.25) is 0 Å². The summed E-state index contributed by atoms with van der Waals surface area (Å²) in [5, 5.41) is 14.4. The summed E-state index contributed by atoms with van der Waals surface area (Å²) in [6.07, 6.45) is -0.384. The number of aliphatic hydroxyl groups is 1. The third-order valence-corrected chi connectivity index (χ3v) is 6.97. The van der Waals surface area contributed by atoms with E-state index < -0.39 is 0 Å². The molecule has 114 valence electrons. The van der Waals surface area contributed by atoms with Crippen molar-refractivity contribution >= 4 is 64.9 Å². The number of rotatable bonds is 13. The fourth-order valence-electron chi connectivity index (χ4n) is 0.789. The molecule has 0 aliphatic heterocycles. The summed E-state index contributed by atoms with van der Waals surface area (Å²) in [7, 11) is 0. The average Bonchev–Trinajstić information content (AvgIpc) is 2.42. The number of carbonyl (C=O) groups excluding carboxylic acids is 1. The lowest BCUT2D eigenvalue weighted by Crippen LogP contribution is -2.24. The van der Waals surface area contributed by atoms with E-state index in [2.05, 4.69) is 12.2 Å². The van der Waals surface area contributed by atoms with Crippen LogP contribution in [0.2, 0.25) is 0 Å². The highest BCUT2D eigenvalue weighted by atomic mass is 32.2. The van der Waals surface area contributed by atoms with Gasteiger partial charge in [-0.2, -0.15) is 11.8 Å². The fraction of sp³-hybridized carbons (Fsp3) is 0.900. The SMILES string of the molecule is CCSCSCSCSCNC(=O)OCCSCO. The van der Waals surface area contributed by atoms with Crippen molar-refractivity contribution in [2.24, 2.45) is 0 Å². The Morgan fingerprint density at radius 3 is 2.47 bits per heavy atom. The second kappa shape index (κ2) is 17.0. The summed E-state index contributed by atoms with van der Waals surface area (Å²) in [6.45, 7) is 2.50. The van der Waals surface area contributed by atoms with Crippen LogP contribution in [0.5, 0.6) is 0 Å². The second-order valence-electron chi connectivity index (χ2n) is 2.95. The van der Waals surface area contributed by atoms with Crippen LogP contribution in [-0.4, -0.2) is 56.4 Å². The molecule has 0 aliphatic rings. The first-order valence-corrected chi connectivity index (χ1v) is 11.5. The zero-order chi connectivity index (χ0) is 14.2. The molecule has 4 nitrogen and oxygen atoms in total. The Bertz CT molecular complexity index is 212. The summed E-state index contributed by atoms with van der Waals surface area (Å²) in [6, 6.07) is 0. The minimum Gasteiger partial charge on any atom is -0.449 e. The van der Waals surface area contributed by atoms with Crippen LogP contribution in [0.15, 0.2) is 0 Å². The third-order valence-electron chi connectivity index (χ3n) is 1.57. The largest absolute Gasteiger partial charge is 0.449 e. The van der Waals surface area contributed by atoms with E-state index >= 15 is 0 Å². The molecule has 0 radical (unpaired) electrons. The number of amides is 1. The number of ether oxygens (including phenoxy) is 1. The van der Waals surface area contributed by atoms with Gasteiger partial charge in [0.25, 0.3) is 0 Å². The van der Waals surface area contributed by atoms with Crippen LogP contribution in [0.25, 0.3) is 0 Å². The van der Waals surface area contributed by atoms with E-state index in [0.717, 1.165) is 15.3 Å². The Labute approximate surface area is 136 Å². The van der Waals surface area contributed by atoms with Gasteiger partial charge < -0.3 is 15.2 Å². The molecule has 0 saturated heterocycles. The standard InChI is InChI=1S/C10H21NO3S5/c1-2-15-7-18-9-19-8-17-5-11-10(13)14-3-4-16-6-12/h12H,2-9H2,1H3,(H,11,13). The van der Waals surface area contributed by atoms with Crippen LogP contribution >= 0.6 is 58.8 Å². The lowest BCUT2D eigenvalue weighted by Gasteiger charge is -2.06. The zero-order valence-corrected chi connectivity index (χ0v) is 15.0. The average molecular weight is 364 g/mol. The maximum Gasteiger partial charge on any atom is 0.407 e. The molecule has 0 aromatic rings. The van der Waals surface area contributed by atoms with Crippen molar-refractivity contribution in [3.8, 4) is 0 Å². The van der Waals surface area contributed by atoms with Crippen LogP contribution in [0.1, 0.15) is 6.92 Å². The highest BCUT2D eigenvalue weighted by Gasteiger charge is 2.00. The molecule has 2 N–H and O–H groups in total. The molecule has 1 amide bonds. The number of nitrogens with one attached hydrogen (secondary N) is 1. The Hall–Kier alpha value is 0.980. The van der Waals surface area contributed by atoms with E-state index in [0.29, 0.717) is 18.2 Å². The highest BCUT2D eigenvalue weighted by molar-refractivity contribution is 8.26. The van der Waals surface area contributed by atoms with Gasteiger partial charge in [-0.15, -0.1) is 47.0 Å². The van der Waals surface area contributed by atoms with Gasteiger partial charge >= 0.3 is 6.09 Å². The minimum atomic E-state index is -0.384. The molecule has 0 aliphatic carbocycles.